The van der Waals surface area contributed by atoms with Gasteiger partial charge >= 0.3 is 5.97 Å². The Hall–Kier alpha value is -0.580. The number of rotatable bonds is 1. The summed E-state index contributed by atoms with van der Waals surface area (Å²) < 4.78 is 27.0. The van der Waals surface area contributed by atoms with E-state index in [1.807, 2.05) is 0 Å². The van der Waals surface area contributed by atoms with Gasteiger partial charge in [0.05, 0.1) is 11.5 Å². The third-order valence-electron chi connectivity index (χ3n) is 1.86. The molecule has 1 heterocycles. The maximum absolute atomic E-state index is 11.0. The maximum Gasteiger partial charge on any atom is 0.303 e. The molecule has 1 rings (SSSR count). The fraction of sp³-hybridized carbons (Fsp3) is 0.857. The Balaban J connectivity index is 2.71. The molecule has 0 aromatic heterocycles. The fourth-order valence-corrected chi connectivity index (χ4v) is 3.43. The lowest BCUT2D eigenvalue weighted by molar-refractivity contribution is -0.152. The Morgan fingerprint density at radius 3 is 2.42 bits per heavy atom. The molecular weight excluding hydrogens is 180 g/mol. The van der Waals surface area contributed by atoms with Crippen molar-refractivity contribution in [3.63, 3.8) is 0 Å². The smallest absolute Gasteiger partial charge is 0.303 e. The van der Waals surface area contributed by atoms with Crippen LogP contribution in [0.5, 0.6) is 0 Å². The second kappa shape index (κ2) is 2.73. The zero-order chi connectivity index (χ0) is 9.41. The topological polar surface area (TPSA) is 60.4 Å². The standard InChI is InChI=1S/C7H12O4S/c1-6(8)11-7(2)3-4-12(9,10)5-7/h3-5H2,1-2H3. The van der Waals surface area contributed by atoms with Gasteiger partial charge in [-0.1, -0.05) is 0 Å². The van der Waals surface area contributed by atoms with E-state index in [0.717, 1.165) is 0 Å². The molecule has 1 saturated heterocycles. The van der Waals surface area contributed by atoms with E-state index in [-0.39, 0.29) is 11.5 Å². The summed E-state index contributed by atoms with van der Waals surface area (Å²) in [5, 5.41) is 0. The van der Waals surface area contributed by atoms with E-state index in [4.69, 9.17) is 4.74 Å². The first-order valence-electron chi connectivity index (χ1n) is 3.73. The van der Waals surface area contributed by atoms with Gasteiger partial charge in [0.2, 0.25) is 0 Å². The molecule has 1 aliphatic heterocycles. The van der Waals surface area contributed by atoms with Gasteiger partial charge in [-0.15, -0.1) is 0 Å². The van der Waals surface area contributed by atoms with Crippen LogP contribution in [-0.4, -0.2) is 31.5 Å². The molecule has 1 atom stereocenters. The molecule has 0 bridgehead atoms. The van der Waals surface area contributed by atoms with Crippen LogP contribution in [0.3, 0.4) is 0 Å². The molecule has 1 unspecified atom stereocenters. The summed E-state index contributed by atoms with van der Waals surface area (Å²) >= 11 is 0. The SMILES string of the molecule is CC(=O)OC1(C)CCS(=O)(=O)C1. The van der Waals surface area contributed by atoms with E-state index in [9.17, 15) is 13.2 Å². The fourth-order valence-electron chi connectivity index (χ4n) is 1.41. The number of carbonyl (C=O) groups excluding carboxylic acids is 1. The lowest BCUT2D eigenvalue weighted by atomic mass is 10.1. The van der Waals surface area contributed by atoms with Crippen LogP contribution < -0.4 is 0 Å². The molecule has 0 N–H and O–H groups in total. The highest BCUT2D eigenvalue weighted by Crippen LogP contribution is 2.26. The summed E-state index contributed by atoms with van der Waals surface area (Å²) in [5.41, 5.74) is -0.787. The molecular formula is C7H12O4S. The monoisotopic (exact) mass is 192 g/mol. The van der Waals surface area contributed by atoms with Crippen molar-refractivity contribution in [2.75, 3.05) is 11.5 Å². The summed E-state index contributed by atoms with van der Waals surface area (Å²) in [6.45, 7) is 2.94. The van der Waals surface area contributed by atoms with E-state index < -0.39 is 21.4 Å². The molecule has 0 aromatic rings. The molecule has 0 aromatic carbocycles. The van der Waals surface area contributed by atoms with Crippen LogP contribution in [0.25, 0.3) is 0 Å². The molecule has 0 radical (unpaired) electrons. The number of carbonyl (C=O) groups is 1. The second-order valence-electron chi connectivity index (χ2n) is 3.39. The molecule has 12 heavy (non-hydrogen) atoms. The summed E-state index contributed by atoms with van der Waals surface area (Å²) in [6.07, 6.45) is 0.412. The molecule has 0 amide bonds. The summed E-state index contributed by atoms with van der Waals surface area (Å²) in [6, 6.07) is 0. The number of hydrogen-bond donors (Lipinski definition) is 0. The minimum absolute atomic E-state index is 0.0421. The van der Waals surface area contributed by atoms with Gasteiger partial charge in [0, 0.05) is 13.3 Å². The predicted molar refractivity (Wildman–Crippen MR) is 43.4 cm³/mol. The highest BCUT2D eigenvalue weighted by molar-refractivity contribution is 7.91. The van der Waals surface area contributed by atoms with Crippen LogP contribution in [0.2, 0.25) is 0 Å². The van der Waals surface area contributed by atoms with E-state index >= 15 is 0 Å². The van der Waals surface area contributed by atoms with E-state index in [2.05, 4.69) is 0 Å². The van der Waals surface area contributed by atoms with Gasteiger partial charge in [-0.05, 0) is 6.92 Å². The third-order valence-corrected chi connectivity index (χ3v) is 3.73. The highest BCUT2D eigenvalue weighted by Gasteiger charge is 2.40. The van der Waals surface area contributed by atoms with Crippen molar-refractivity contribution in [1.82, 2.24) is 0 Å². The van der Waals surface area contributed by atoms with Crippen molar-refractivity contribution in [3.8, 4) is 0 Å². The molecule has 4 nitrogen and oxygen atoms in total. The molecule has 0 aliphatic carbocycles. The van der Waals surface area contributed by atoms with Crippen LogP contribution in [0.15, 0.2) is 0 Å². The molecule has 0 spiro atoms. The van der Waals surface area contributed by atoms with Gasteiger partial charge in [0.25, 0.3) is 0 Å². The van der Waals surface area contributed by atoms with Crippen molar-refractivity contribution in [2.45, 2.75) is 25.9 Å². The average Bonchev–Trinajstić information content (AvgIpc) is 2.03. The first kappa shape index (κ1) is 9.51. The van der Waals surface area contributed by atoms with Crippen LogP contribution in [-0.2, 0) is 19.4 Å². The Kier molecular flexibility index (Phi) is 2.16. The first-order chi connectivity index (χ1) is 5.33. The lowest BCUT2D eigenvalue weighted by Gasteiger charge is -2.21. The second-order valence-corrected chi connectivity index (χ2v) is 5.57. The predicted octanol–water partition coefficient (Wildman–Crippen LogP) is 0.127. The zero-order valence-corrected chi connectivity index (χ0v) is 7.98. The van der Waals surface area contributed by atoms with Crippen LogP contribution in [0.4, 0.5) is 0 Å². The Bertz CT molecular complexity index is 293. The average molecular weight is 192 g/mol. The normalized spacial score (nSPS) is 33.2. The quantitative estimate of drug-likeness (QED) is 0.554. The van der Waals surface area contributed by atoms with E-state index in [1.54, 1.807) is 6.92 Å². The van der Waals surface area contributed by atoms with Gasteiger partial charge in [-0.2, -0.15) is 0 Å². The maximum atomic E-state index is 11.0. The largest absolute Gasteiger partial charge is 0.458 e. The number of esters is 1. The highest BCUT2D eigenvalue weighted by atomic mass is 32.2. The van der Waals surface area contributed by atoms with Crippen LogP contribution in [0.1, 0.15) is 20.3 Å². The number of ether oxygens (including phenoxy) is 1. The summed E-state index contributed by atoms with van der Waals surface area (Å²) in [7, 11) is -2.98. The molecule has 1 fully saturated rings. The van der Waals surface area contributed by atoms with Crippen molar-refractivity contribution < 1.29 is 17.9 Å². The number of hydrogen-bond acceptors (Lipinski definition) is 4. The van der Waals surface area contributed by atoms with E-state index in [1.165, 1.54) is 6.92 Å². The Morgan fingerprint density at radius 2 is 2.08 bits per heavy atom. The zero-order valence-electron chi connectivity index (χ0n) is 7.16. The third kappa shape index (κ3) is 2.20. The molecule has 1 aliphatic rings. The minimum Gasteiger partial charge on any atom is -0.458 e. The van der Waals surface area contributed by atoms with Crippen molar-refractivity contribution in [1.29, 1.82) is 0 Å². The molecule has 5 heteroatoms. The van der Waals surface area contributed by atoms with E-state index in [0.29, 0.717) is 6.42 Å². The van der Waals surface area contributed by atoms with Crippen molar-refractivity contribution in [3.05, 3.63) is 0 Å². The molecule has 0 saturated carbocycles. The van der Waals surface area contributed by atoms with Gasteiger partial charge in [-0.3, -0.25) is 4.79 Å². The van der Waals surface area contributed by atoms with Crippen molar-refractivity contribution in [2.24, 2.45) is 0 Å². The molecule has 70 valence electrons. The van der Waals surface area contributed by atoms with Gasteiger partial charge in [0.1, 0.15) is 5.60 Å². The van der Waals surface area contributed by atoms with Gasteiger partial charge in [-0.25, -0.2) is 8.42 Å². The van der Waals surface area contributed by atoms with Crippen LogP contribution >= 0.6 is 0 Å². The summed E-state index contributed by atoms with van der Waals surface area (Å²) in [5.74, 6) is -0.342. The van der Waals surface area contributed by atoms with Gasteiger partial charge < -0.3 is 4.74 Å². The first-order valence-corrected chi connectivity index (χ1v) is 5.55. The lowest BCUT2D eigenvalue weighted by Crippen LogP contribution is -2.31. The van der Waals surface area contributed by atoms with Gasteiger partial charge in [0.15, 0.2) is 9.84 Å². The van der Waals surface area contributed by atoms with Crippen LogP contribution in [0, 0.1) is 0 Å². The van der Waals surface area contributed by atoms with Crippen molar-refractivity contribution >= 4 is 15.8 Å². The Labute approximate surface area is 71.8 Å². The minimum atomic E-state index is -2.98. The Morgan fingerprint density at radius 1 is 1.50 bits per heavy atom. The summed E-state index contributed by atoms with van der Waals surface area (Å²) in [4.78, 5) is 10.6. The number of sulfone groups is 1.